The van der Waals surface area contributed by atoms with E-state index in [0.717, 1.165) is 32.2 Å². The topological polar surface area (TPSA) is 472 Å². The molecule has 2 aliphatic heterocycles. The normalized spacial score (nSPS) is 16.1. The Kier molecular flexibility index (Phi) is 89.9. The molecule has 0 saturated carbocycles. The number of rotatable bonds is 54. The van der Waals surface area contributed by atoms with E-state index >= 15 is 0 Å². The highest BCUT2D eigenvalue weighted by molar-refractivity contribution is 7.46. The molecule has 2 saturated heterocycles. The number of carbonyl (C=O) groups excluding carboxylic acids is 7. The van der Waals surface area contributed by atoms with Crippen molar-refractivity contribution in [2.24, 2.45) is 70.6 Å². The van der Waals surface area contributed by atoms with Crippen molar-refractivity contribution >= 4 is 87.6 Å². The van der Waals surface area contributed by atoms with Crippen molar-refractivity contribution in [1.29, 1.82) is 0 Å². The van der Waals surface area contributed by atoms with Gasteiger partial charge in [-0.05, 0) is 79.5 Å². The summed E-state index contributed by atoms with van der Waals surface area (Å²) in [6, 6.07) is 31.9. The first-order valence-corrected chi connectivity index (χ1v) is 51.4. The van der Waals surface area contributed by atoms with E-state index in [1.165, 1.54) is 217 Å². The third-order valence-corrected chi connectivity index (χ3v) is 24.3. The molecule has 3 aromatic rings. The number of phosphoric acid groups is 2. The summed E-state index contributed by atoms with van der Waals surface area (Å²) in [6.45, 7) is 38.1. The van der Waals surface area contributed by atoms with Crippen LogP contribution in [0.25, 0.3) is 0 Å². The maximum absolute atomic E-state index is 11.8. The van der Waals surface area contributed by atoms with Crippen LogP contribution in [0.5, 0.6) is 0 Å². The number of phosphoric ester groups is 2. The van der Waals surface area contributed by atoms with E-state index in [4.69, 9.17) is 46.4 Å². The highest BCUT2D eigenvalue weighted by Crippen LogP contribution is 2.36. The predicted octanol–water partition coefficient (Wildman–Crippen LogP) is 22.0. The van der Waals surface area contributed by atoms with Gasteiger partial charge in [0.15, 0.2) is 0 Å². The minimum atomic E-state index is -4.53. The quantitative estimate of drug-likeness (QED) is 0.0108. The minimum absolute atomic E-state index is 0. The molecule has 31 heteroatoms. The lowest BCUT2D eigenvalue weighted by Gasteiger charge is -2.15. The molecule has 3 amide bonds. The first-order valence-electron chi connectivity index (χ1n) is 48.4. The number of benzene rings is 3. The van der Waals surface area contributed by atoms with Crippen molar-refractivity contribution in [3.63, 3.8) is 0 Å². The molecule has 2 fully saturated rings. The summed E-state index contributed by atoms with van der Waals surface area (Å²) in [5.41, 5.74) is 14.6. The highest BCUT2D eigenvalue weighted by atomic mass is 35.5. The molecule has 0 aromatic heterocycles. The Morgan fingerprint density at radius 3 is 0.710 bits per heavy atom. The van der Waals surface area contributed by atoms with Gasteiger partial charge < -0.3 is 71.8 Å². The Morgan fingerprint density at radius 2 is 0.534 bits per heavy atom. The van der Waals surface area contributed by atoms with E-state index in [-0.39, 0.29) is 74.2 Å². The number of amides is 3. The fourth-order valence-corrected chi connectivity index (χ4v) is 12.7. The van der Waals surface area contributed by atoms with Crippen molar-refractivity contribution in [1.82, 2.24) is 16.0 Å². The van der Waals surface area contributed by atoms with Crippen LogP contribution in [0.1, 0.15) is 378 Å². The lowest BCUT2D eigenvalue weighted by molar-refractivity contribution is -0.155. The molecule has 0 spiro atoms. The van der Waals surface area contributed by atoms with Crippen LogP contribution in [0.3, 0.4) is 0 Å². The van der Waals surface area contributed by atoms with Gasteiger partial charge in [0.1, 0.15) is 0 Å². The second-order valence-corrected chi connectivity index (χ2v) is 36.7. The molecule has 0 radical (unpaired) electrons. The van der Waals surface area contributed by atoms with Crippen LogP contribution >= 0.6 is 28.1 Å². The van der Waals surface area contributed by atoms with E-state index in [0.29, 0.717) is 30.8 Å². The SMILES string of the molecule is CCCCCCCCCCCCN.CCCCCCCCCCCCNC(=O)[C@H](C)[C@@H](C)C(=O)O.CCCCCCCCCCCCNC(=O)[C@H](C)[C@@H](C)C(=O)O.CC[C@@H](C)c1ccccc1.CC[C@@H](C)c1ccccc1.CC[C@@H](C)c1ccccc1.C[C@@H](C(=O)O)[C@@H](C)C(=O)NCCOP(=O)(O)O.C[C@@H]1C(=O)OC(=O)[C@@H]1C.C[C@@H]1C(=O)OC(=O)[C@@H]1C.Cl.NCCOP(=O)(O)O. The number of carboxylic acid groups (broad SMARTS) is 3. The molecule has 131 heavy (non-hydrogen) atoms. The van der Waals surface area contributed by atoms with Crippen LogP contribution in [0, 0.1) is 59.2 Å². The van der Waals surface area contributed by atoms with Crippen LogP contribution in [0.4, 0.5) is 0 Å². The van der Waals surface area contributed by atoms with Crippen LogP contribution < -0.4 is 27.4 Å². The zero-order valence-corrected chi connectivity index (χ0v) is 86.2. The number of unbranched alkanes of at least 4 members (excludes halogenated alkanes) is 27. The number of nitrogens with two attached hydrogens (primary N) is 2. The molecule has 13 atom stereocenters. The Labute approximate surface area is 795 Å². The number of halogens is 1. The van der Waals surface area contributed by atoms with Gasteiger partial charge in [-0.1, -0.05) is 396 Å². The third kappa shape index (κ3) is 78.1. The molecule has 760 valence electrons. The van der Waals surface area contributed by atoms with Gasteiger partial charge in [-0.25, -0.2) is 9.13 Å². The van der Waals surface area contributed by atoms with E-state index in [1.807, 2.05) is 0 Å². The Morgan fingerprint density at radius 1 is 0.328 bits per heavy atom. The lowest BCUT2D eigenvalue weighted by atomic mass is 9.95. The largest absolute Gasteiger partial charge is 0.481 e. The van der Waals surface area contributed by atoms with Gasteiger partial charge in [-0.3, -0.25) is 57.0 Å². The van der Waals surface area contributed by atoms with Crippen LogP contribution in [0.2, 0.25) is 0 Å². The number of cyclic esters (lactones) is 4. The lowest BCUT2D eigenvalue weighted by Crippen LogP contribution is -2.36. The Hall–Kier alpha value is -6.81. The average molecular weight is 1920 g/mol. The summed E-state index contributed by atoms with van der Waals surface area (Å²) in [5, 5.41) is 34.4. The number of carboxylic acids is 3. The molecule has 14 N–H and O–H groups in total. The Bertz CT molecular complexity index is 3200. The van der Waals surface area contributed by atoms with Gasteiger partial charge in [0.2, 0.25) is 17.7 Å². The zero-order chi connectivity index (χ0) is 99.9. The molecule has 0 bridgehead atoms. The first kappa shape index (κ1) is 135. The molecule has 2 heterocycles. The van der Waals surface area contributed by atoms with Crippen molar-refractivity contribution in [3.05, 3.63) is 108 Å². The number of carbonyl (C=O) groups is 10. The third-order valence-electron chi connectivity index (χ3n) is 23.2. The summed E-state index contributed by atoms with van der Waals surface area (Å²) in [6.07, 6.45) is 43.0. The van der Waals surface area contributed by atoms with Crippen LogP contribution in [-0.4, -0.2) is 140 Å². The Balaban J connectivity index is -0.000000337. The number of aliphatic carboxylic acids is 3. The summed E-state index contributed by atoms with van der Waals surface area (Å²) in [5.74, 6) is -7.95. The molecular formula is C100H180ClN5O23P2. The monoisotopic (exact) mass is 1920 g/mol. The average Bonchev–Trinajstić information content (AvgIpc) is 1.72. The van der Waals surface area contributed by atoms with Gasteiger partial charge in [-0.2, -0.15) is 0 Å². The van der Waals surface area contributed by atoms with Crippen LogP contribution in [0.15, 0.2) is 91.0 Å². The van der Waals surface area contributed by atoms with Gasteiger partial charge in [-0.15, -0.1) is 12.4 Å². The van der Waals surface area contributed by atoms with E-state index in [9.17, 15) is 57.1 Å². The molecule has 2 aliphatic rings. The second kappa shape index (κ2) is 87.3. The summed E-state index contributed by atoms with van der Waals surface area (Å²) in [7, 11) is -8.79. The minimum Gasteiger partial charge on any atom is -0.481 e. The van der Waals surface area contributed by atoms with Crippen LogP contribution in [-0.2, 0) is 75.6 Å². The first-order chi connectivity index (χ1) is 61.4. The maximum atomic E-state index is 11.8. The number of ether oxygens (including phenoxy) is 2. The van der Waals surface area contributed by atoms with Crippen molar-refractivity contribution in [2.75, 3.05) is 45.9 Å². The number of nitrogens with one attached hydrogen (secondary N) is 3. The fourth-order valence-electron chi connectivity index (χ4n) is 12.0. The van der Waals surface area contributed by atoms with Crippen molar-refractivity contribution in [3.8, 4) is 0 Å². The smallest absolute Gasteiger partial charge is 0.469 e. The molecule has 0 unspecified atom stereocenters. The molecule has 3 aromatic carbocycles. The zero-order valence-electron chi connectivity index (χ0n) is 83.6. The van der Waals surface area contributed by atoms with Crippen molar-refractivity contribution < 1.29 is 110 Å². The molecule has 0 aliphatic carbocycles. The second-order valence-electron chi connectivity index (χ2n) is 34.2. The summed E-state index contributed by atoms with van der Waals surface area (Å²) in [4.78, 5) is 142. The van der Waals surface area contributed by atoms with Crippen molar-refractivity contribution in [2.45, 2.75) is 361 Å². The molecule has 28 nitrogen and oxygen atoms in total. The van der Waals surface area contributed by atoms with Gasteiger partial charge in [0.25, 0.3) is 0 Å². The molecular weight excluding hydrogens is 1740 g/mol. The summed E-state index contributed by atoms with van der Waals surface area (Å²) < 4.78 is 36.7. The van der Waals surface area contributed by atoms with E-state index < -0.39 is 98.8 Å². The fraction of sp³-hybridized carbons (Fsp3) is 0.720. The van der Waals surface area contributed by atoms with Gasteiger partial charge in [0, 0.05) is 43.9 Å². The standard InChI is InChI=1S/2C18H35NO3.C12H27N.3C10H14.C8H16NO7P.2C6H8O3.C2H8NO4P.ClH/c2*1-4-5-6-7-8-9-10-11-12-13-14-19-17(20)15(2)16(3)18(21)22;1-2-3-4-5-6-7-8-9-10-11-12-13;3*1-3-9(2)10-7-5-4-6-8-10;1-5(6(2)8(11)12)7(10)9-3-4-16-17(13,14)15;2*1-3-4(2)6(8)9-5(3)7;3-1-2-7-8(4,5)6;/h2*15-16H,4-14H2,1-3H3,(H,19,20)(H,21,22);2-13H2,1H3;3*4-9H,3H2,1-2H3;5-6H,3-4H2,1-2H3,(H,9,10)(H,11,12)(H2,13,14,15);2*3-4H,1-2H3;1-3H2,(H2,4,5,6);1H/t2*15-,16-;;3*9-;5-,6-;2*3-,4+;;/m11.1111..../s1. The van der Waals surface area contributed by atoms with E-state index in [2.05, 4.69) is 188 Å². The van der Waals surface area contributed by atoms with E-state index in [1.54, 1.807) is 55.4 Å². The number of hydrogen-bond acceptors (Lipinski definition) is 18. The molecule has 5 rings (SSSR count). The van der Waals surface area contributed by atoms with Gasteiger partial charge >= 0.3 is 57.4 Å². The van der Waals surface area contributed by atoms with Gasteiger partial charge in [0.05, 0.1) is 54.6 Å². The predicted molar refractivity (Wildman–Crippen MR) is 528 cm³/mol. The maximum Gasteiger partial charge on any atom is 0.469 e. The summed E-state index contributed by atoms with van der Waals surface area (Å²) >= 11 is 0. The highest BCUT2D eigenvalue weighted by Gasteiger charge is 2.38. The number of esters is 4. The number of hydrogen-bond donors (Lipinski definition) is 12.